The van der Waals surface area contributed by atoms with Crippen LogP contribution < -0.4 is 5.32 Å². The molecule has 0 bridgehead atoms. The summed E-state index contributed by atoms with van der Waals surface area (Å²) in [5.74, 6) is 0.401. The molecule has 1 aromatic carbocycles. The number of rotatable bonds is 1. The highest BCUT2D eigenvalue weighted by atomic mass is 16.3. The van der Waals surface area contributed by atoms with Gasteiger partial charge >= 0.3 is 0 Å². The summed E-state index contributed by atoms with van der Waals surface area (Å²) in [6, 6.07) is 7.89. The first-order chi connectivity index (χ1) is 7.29. The Kier molecular flexibility index (Phi) is 3.23. The highest BCUT2D eigenvalue weighted by Gasteiger charge is 2.21. The predicted molar refractivity (Wildman–Crippen MR) is 61.0 cm³/mol. The van der Waals surface area contributed by atoms with Gasteiger partial charge in [-0.1, -0.05) is 18.2 Å². The molecule has 1 saturated heterocycles. The SMILES string of the molecule is CN1CCCNCC1c1ccccc1O. The van der Waals surface area contributed by atoms with Gasteiger partial charge < -0.3 is 10.4 Å². The Morgan fingerprint density at radius 3 is 3.00 bits per heavy atom. The van der Waals surface area contributed by atoms with E-state index in [-0.39, 0.29) is 6.04 Å². The number of para-hydroxylation sites is 1. The molecule has 2 rings (SSSR count). The molecule has 2 N–H and O–H groups in total. The first-order valence-corrected chi connectivity index (χ1v) is 5.48. The third-order valence-electron chi connectivity index (χ3n) is 3.03. The monoisotopic (exact) mass is 206 g/mol. The van der Waals surface area contributed by atoms with Crippen molar-refractivity contribution in [3.05, 3.63) is 29.8 Å². The van der Waals surface area contributed by atoms with Gasteiger partial charge in [-0.15, -0.1) is 0 Å². The molecule has 1 fully saturated rings. The van der Waals surface area contributed by atoms with Gasteiger partial charge in [-0.05, 0) is 32.6 Å². The van der Waals surface area contributed by atoms with Gasteiger partial charge in [0.15, 0.2) is 0 Å². The molecule has 0 spiro atoms. The topological polar surface area (TPSA) is 35.5 Å². The predicted octanol–water partition coefficient (Wildman–Crippen LogP) is 1.36. The van der Waals surface area contributed by atoms with Gasteiger partial charge in [-0.25, -0.2) is 0 Å². The summed E-state index contributed by atoms with van der Waals surface area (Å²) in [4.78, 5) is 2.30. The Morgan fingerprint density at radius 1 is 1.40 bits per heavy atom. The van der Waals surface area contributed by atoms with Gasteiger partial charge in [0, 0.05) is 12.1 Å². The molecule has 0 radical (unpaired) electrons. The lowest BCUT2D eigenvalue weighted by atomic mass is 10.0. The molecular formula is C12H18N2O. The van der Waals surface area contributed by atoms with Crippen LogP contribution in [0, 0.1) is 0 Å². The van der Waals surface area contributed by atoms with Crippen molar-refractivity contribution < 1.29 is 5.11 Å². The molecule has 3 nitrogen and oxygen atoms in total. The van der Waals surface area contributed by atoms with Crippen molar-refractivity contribution in [3.63, 3.8) is 0 Å². The van der Waals surface area contributed by atoms with Crippen molar-refractivity contribution in [1.29, 1.82) is 0 Å². The van der Waals surface area contributed by atoms with E-state index in [0.29, 0.717) is 5.75 Å². The molecule has 0 saturated carbocycles. The lowest BCUT2D eigenvalue weighted by Gasteiger charge is -2.26. The highest BCUT2D eigenvalue weighted by Crippen LogP contribution is 2.27. The third kappa shape index (κ3) is 2.30. The summed E-state index contributed by atoms with van der Waals surface area (Å²) in [5, 5.41) is 13.2. The Labute approximate surface area is 90.7 Å². The summed E-state index contributed by atoms with van der Waals surface area (Å²) in [7, 11) is 2.12. The standard InChI is InChI=1S/C12H18N2O/c1-14-8-4-7-13-9-11(14)10-5-2-3-6-12(10)15/h2-3,5-6,11,13,15H,4,7-9H2,1H3. The largest absolute Gasteiger partial charge is 0.508 e. The van der Waals surface area contributed by atoms with E-state index >= 15 is 0 Å². The maximum atomic E-state index is 9.82. The molecule has 0 aliphatic carbocycles. The summed E-state index contributed by atoms with van der Waals surface area (Å²) in [6.45, 7) is 3.05. The van der Waals surface area contributed by atoms with E-state index in [2.05, 4.69) is 17.3 Å². The van der Waals surface area contributed by atoms with Crippen molar-refractivity contribution in [2.45, 2.75) is 12.5 Å². The fraction of sp³-hybridized carbons (Fsp3) is 0.500. The number of phenolic OH excluding ortho intramolecular Hbond substituents is 1. The molecule has 82 valence electrons. The van der Waals surface area contributed by atoms with E-state index in [9.17, 15) is 5.11 Å². The van der Waals surface area contributed by atoms with Crippen LogP contribution in [0.25, 0.3) is 0 Å². The third-order valence-corrected chi connectivity index (χ3v) is 3.03. The molecule has 1 unspecified atom stereocenters. The second-order valence-electron chi connectivity index (χ2n) is 4.11. The number of benzene rings is 1. The number of aromatic hydroxyl groups is 1. The molecule has 1 aromatic rings. The number of hydrogen-bond donors (Lipinski definition) is 2. The van der Waals surface area contributed by atoms with Crippen LogP contribution in [0.4, 0.5) is 0 Å². The Bertz CT molecular complexity index is 327. The molecule has 1 aliphatic heterocycles. The van der Waals surface area contributed by atoms with E-state index in [1.807, 2.05) is 18.2 Å². The Morgan fingerprint density at radius 2 is 2.20 bits per heavy atom. The Balaban J connectivity index is 2.24. The van der Waals surface area contributed by atoms with Crippen LogP contribution in [0.15, 0.2) is 24.3 Å². The van der Waals surface area contributed by atoms with E-state index in [1.54, 1.807) is 6.07 Å². The van der Waals surface area contributed by atoms with Crippen LogP contribution in [0.1, 0.15) is 18.0 Å². The van der Waals surface area contributed by atoms with Gasteiger partial charge in [-0.3, -0.25) is 4.90 Å². The first-order valence-electron chi connectivity index (χ1n) is 5.48. The van der Waals surface area contributed by atoms with Gasteiger partial charge in [0.1, 0.15) is 5.75 Å². The van der Waals surface area contributed by atoms with Crippen LogP contribution in [0.3, 0.4) is 0 Å². The van der Waals surface area contributed by atoms with E-state index in [1.165, 1.54) is 6.42 Å². The normalized spacial score (nSPS) is 23.7. The summed E-state index contributed by atoms with van der Waals surface area (Å²) < 4.78 is 0. The van der Waals surface area contributed by atoms with Gasteiger partial charge in [-0.2, -0.15) is 0 Å². The van der Waals surface area contributed by atoms with Crippen LogP contribution in [-0.4, -0.2) is 36.7 Å². The second-order valence-corrected chi connectivity index (χ2v) is 4.11. The van der Waals surface area contributed by atoms with Crippen molar-refractivity contribution >= 4 is 0 Å². The summed E-state index contributed by atoms with van der Waals surface area (Å²) in [6.07, 6.45) is 1.17. The van der Waals surface area contributed by atoms with Crippen molar-refractivity contribution in [2.24, 2.45) is 0 Å². The maximum Gasteiger partial charge on any atom is 0.120 e. The molecule has 0 amide bonds. The lowest BCUT2D eigenvalue weighted by Crippen LogP contribution is -2.29. The molecule has 15 heavy (non-hydrogen) atoms. The molecule has 1 aliphatic rings. The van der Waals surface area contributed by atoms with E-state index < -0.39 is 0 Å². The number of nitrogens with zero attached hydrogens (tertiary/aromatic N) is 1. The minimum atomic E-state index is 0.286. The van der Waals surface area contributed by atoms with Crippen molar-refractivity contribution in [2.75, 3.05) is 26.7 Å². The van der Waals surface area contributed by atoms with E-state index in [0.717, 1.165) is 25.2 Å². The zero-order valence-corrected chi connectivity index (χ0v) is 9.11. The van der Waals surface area contributed by atoms with Crippen LogP contribution in [0.5, 0.6) is 5.75 Å². The minimum absolute atomic E-state index is 0.286. The van der Waals surface area contributed by atoms with Crippen LogP contribution in [-0.2, 0) is 0 Å². The number of phenols is 1. The van der Waals surface area contributed by atoms with Crippen molar-refractivity contribution in [1.82, 2.24) is 10.2 Å². The summed E-state index contributed by atoms with van der Waals surface area (Å²) >= 11 is 0. The molecule has 1 atom stereocenters. The Hall–Kier alpha value is -1.06. The van der Waals surface area contributed by atoms with Crippen LogP contribution >= 0.6 is 0 Å². The minimum Gasteiger partial charge on any atom is -0.508 e. The quantitative estimate of drug-likeness (QED) is 0.728. The fourth-order valence-electron chi connectivity index (χ4n) is 2.12. The zero-order chi connectivity index (χ0) is 10.7. The number of likely N-dealkylation sites (N-methyl/N-ethyl adjacent to an activating group) is 1. The van der Waals surface area contributed by atoms with Crippen LogP contribution in [0.2, 0.25) is 0 Å². The molecule has 3 heteroatoms. The molecule has 1 heterocycles. The second kappa shape index (κ2) is 4.64. The lowest BCUT2D eigenvalue weighted by molar-refractivity contribution is 0.256. The van der Waals surface area contributed by atoms with Gasteiger partial charge in [0.25, 0.3) is 0 Å². The number of hydrogen-bond acceptors (Lipinski definition) is 3. The molecule has 0 aromatic heterocycles. The molecular weight excluding hydrogens is 188 g/mol. The van der Waals surface area contributed by atoms with Gasteiger partial charge in [0.2, 0.25) is 0 Å². The smallest absolute Gasteiger partial charge is 0.120 e. The average Bonchev–Trinajstić information content (AvgIpc) is 2.44. The number of nitrogens with one attached hydrogen (secondary N) is 1. The van der Waals surface area contributed by atoms with E-state index in [4.69, 9.17) is 0 Å². The van der Waals surface area contributed by atoms with Gasteiger partial charge in [0.05, 0.1) is 6.04 Å². The summed E-state index contributed by atoms with van der Waals surface area (Å²) in [5.41, 5.74) is 1.02. The first kappa shape index (κ1) is 10.5. The fourth-order valence-corrected chi connectivity index (χ4v) is 2.12. The zero-order valence-electron chi connectivity index (χ0n) is 9.11. The van der Waals surface area contributed by atoms with Crippen molar-refractivity contribution in [3.8, 4) is 5.75 Å². The average molecular weight is 206 g/mol. The maximum absolute atomic E-state index is 9.82. The highest BCUT2D eigenvalue weighted by molar-refractivity contribution is 5.34.